The molecule has 0 saturated carbocycles. The summed E-state index contributed by atoms with van der Waals surface area (Å²) in [6, 6.07) is 1.70. The van der Waals surface area contributed by atoms with Crippen molar-refractivity contribution in [1.29, 1.82) is 0 Å². The zero-order chi connectivity index (χ0) is 44.8. The minimum absolute atomic E-state index is 0.0337. The van der Waals surface area contributed by atoms with E-state index in [9.17, 15) is 49.2 Å². The second-order valence-corrected chi connectivity index (χ2v) is 17.1. The number of aliphatic hydroxyl groups is 6. The summed E-state index contributed by atoms with van der Waals surface area (Å²) in [6.45, 7) is 1.57. The number of amides is 3. The second kappa shape index (κ2) is 23.6. The van der Waals surface area contributed by atoms with Crippen LogP contribution in [0.1, 0.15) is 30.1 Å². The van der Waals surface area contributed by atoms with Gasteiger partial charge in [0, 0.05) is 55.9 Å². The summed E-state index contributed by atoms with van der Waals surface area (Å²) in [7, 11) is -2.72. The van der Waals surface area contributed by atoms with Crippen LogP contribution in [0.2, 0.25) is 0 Å². The van der Waals surface area contributed by atoms with E-state index < -0.39 is 89.5 Å². The van der Waals surface area contributed by atoms with Crippen molar-refractivity contribution in [2.45, 2.75) is 81.1 Å². The molecule has 1 aromatic rings. The first kappa shape index (κ1) is 49.0. The maximum atomic E-state index is 13.6. The molecule has 5 rings (SSSR count). The number of hydrogen-bond donors (Lipinski definition) is 8. The number of azide groups is 1. The molecule has 1 unspecified atom stereocenters. The van der Waals surface area contributed by atoms with E-state index in [1.165, 1.54) is 12.1 Å². The Bertz CT molecular complexity index is 1840. The van der Waals surface area contributed by atoms with E-state index in [4.69, 9.17) is 43.4 Å². The minimum Gasteiger partial charge on any atom is -0.453 e. The van der Waals surface area contributed by atoms with E-state index in [2.05, 4.69) is 25.0 Å². The molecule has 4 aliphatic heterocycles. The summed E-state index contributed by atoms with van der Waals surface area (Å²) in [5, 5.41) is 70.7. The van der Waals surface area contributed by atoms with Crippen LogP contribution in [0.5, 0.6) is 11.5 Å². The van der Waals surface area contributed by atoms with Gasteiger partial charge >= 0.3 is 0 Å². The van der Waals surface area contributed by atoms with Crippen LogP contribution < -0.4 is 20.1 Å². The van der Waals surface area contributed by atoms with Gasteiger partial charge in [-0.3, -0.25) is 14.4 Å². The Morgan fingerprint density at radius 3 is 2.31 bits per heavy atom. The summed E-state index contributed by atoms with van der Waals surface area (Å²) in [4.78, 5) is 41.3. The lowest BCUT2D eigenvalue weighted by molar-refractivity contribution is -0.346. The van der Waals surface area contributed by atoms with Crippen molar-refractivity contribution in [1.82, 2.24) is 15.5 Å². The van der Waals surface area contributed by atoms with Crippen molar-refractivity contribution in [2.75, 3.05) is 90.7 Å². The van der Waals surface area contributed by atoms with E-state index in [-0.39, 0.29) is 119 Å². The lowest BCUT2D eigenvalue weighted by atomic mass is 9.95. The fourth-order valence-corrected chi connectivity index (χ4v) is 8.81. The molecule has 10 atom stereocenters. The first-order chi connectivity index (χ1) is 29.8. The number of ether oxygens (including phenoxy) is 8. The fourth-order valence-electron chi connectivity index (χ4n) is 6.91. The third-order valence-electron chi connectivity index (χ3n) is 10.2. The van der Waals surface area contributed by atoms with Crippen LogP contribution in [-0.4, -0.2) is 210 Å². The van der Waals surface area contributed by atoms with Gasteiger partial charge in [-0.25, -0.2) is 4.21 Å². The molecule has 0 bridgehead atoms. The lowest BCUT2D eigenvalue weighted by Gasteiger charge is -2.46. The predicted octanol–water partition coefficient (Wildman–Crippen LogP) is -3.00. The van der Waals surface area contributed by atoms with Crippen LogP contribution in [0, 0.1) is 0 Å². The lowest BCUT2D eigenvalue weighted by Crippen LogP contribution is -2.67. The number of fused-ring (bicyclic) bond motifs is 1. The largest absolute Gasteiger partial charge is 0.453 e. The van der Waals surface area contributed by atoms with Crippen molar-refractivity contribution in [3.8, 4) is 11.5 Å². The molecule has 3 saturated heterocycles. The van der Waals surface area contributed by atoms with Crippen LogP contribution >= 0.6 is 0 Å². The number of benzene rings is 1. The maximum absolute atomic E-state index is 13.6. The summed E-state index contributed by atoms with van der Waals surface area (Å²) in [5.74, 6) is -0.439. The third-order valence-corrected chi connectivity index (χ3v) is 12.4. The highest BCUT2D eigenvalue weighted by atomic mass is 32.2. The topological polar surface area (TPSA) is 352 Å². The molecule has 26 heteroatoms. The summed E-state index contributed by atoms with van der Waals surface area (Å²) >= 11 is 0. The van der Waals surface area contributed by atoms with E-state index in [0.717, 1.165) is 6.92 Å². The third kappa shape index (κ3) is 13.0. The number of nitrogens with zero attached hydrogens (tertiary/aromatic N) is 5. The highest BCUT2D eigenvalue weighted by Crippen LogP contribution is 2.44. The number of aliphatic hydroxyl groups excluding tert-OH is 6. The molecule has 4 aliphatic rings. The van der Waals surface area contributed by atoms with Crippen LogP contribution in [0.4, 0.5) is 5.69 Å². The average Bonchev–Trinajstić information content (AvgIpc) is 3.75. The molecular weight excluding hydrogens is 850 g/mol. The number of carbonyl (C=O) groups is 3. The Balaban J connectivity index is 0.973. The van der Waals surface area contributed by atoms with Crippen molar-refractivity contribution in [3.63, 3.8) is 0 Å². The van der Waals surface area contributed by atoms with Gasteiger partial charge in [0.15, 0.2) is 24.1 Å². The Morgan fingerprint density at radius 2 is 1.61 bits per heavy atom. The first-order valence-corrected chi connectivity index (χ1v) is 21.8. The maximum Gasteiger partial charge on any atom is 0.255 e. The van der Waals surface area contributed by atoms with Crippen LogP contribution in [0.25, 0.3) is 10.4 Å². The molecule has 348 valence electrons. The molecule has 3 amide bonds. The van der Waals surface area contributed by atoms with Crippen molar-refractivity contribution in [3.05, 3.63) is 28.1 Å². The van der Waals surface area contributed by atoms with Crippen molar-refractivity contribution >= 4 is 33.1 Å². The highest BCUT2D eigenvalue weighted by Gasteiger charge is 2.51. The van der Waals surface area contributed by atoms with Gasteiger partial charge in [0.25, 0.3) is 5.91 Å². The van der Waals surface area contributed by atoms with Gasteiger partial charge in [0.2, 0.25) is 18.6 Å². The van der Waals surface area contributed by atoms with Crippen LogP contribution in [0.3, 0.4) is 0 Å². The van der Waals surface area contributed by atoms with E-state index >= 15 is 0 Å². The summed E-state index contributed by atoms with van der Waals surface area (Å²) < 4.78 is 62.3. The monoisotopic (exact) mass is 905 g/mol. The molecule has 25 nitrogen and oxygen atoms in total. The molecule has 62 heavy (non-hydrogen) atoms. The van der Waals surface area contributed by atoms with Gasteiger partial charge < -0.3 is 84.1 Å². The van der Waals surface area contributed by atoms with E-state index in [0.29, 0.717) is 6.42 Å². The molecule has 0 aromatic heterocycles. The van der Waals surface area contributed by atoms with Gasteiger partial charge in [-0.2, -0.15) is 4.36 Å². The highest BCUT2D eigenvalue weighted by molar-refractivity contribution is 7.93. The van der Waals surface area contributed by atoms with Crippen LogP contribution in [0.15, 0.2) is 21.6 Å². The number of hydrogen-bond acceptors (Lipinski definition) is 20. The van der Waals surface area contributed by atoms with Gasteiger partial charge in [0.05, 0.1) is 61.5 Å². The molecule has 4 heterocycles. The van der Waals surface area contributed by atoms with Crippen LogP contribution in [-0.2, 0) is 47.7 Å². The van der Waals surface area contributed by atoms with E-state index in [1.807, 2.05) is 0 Å². The van der Waals surface area contributed by atoms with Gasteiger partial charge in [0.1, 0.15) is 54.5 Å². The Labute approximate surface area is 356 Å². The zero-order valence-electron chi connectivity index (χ0n) is 34.0. The normalized spacial score (nSPS) is 29.0. The fraction of sp³-hybridized carbons (Fsp3) is 0.750. The molecule has 1 aromatic carbocycles. The minimum atomic E-state index is -2.72. The molecule has 0 spiro atoms. The van der Waals surface area contributed by atoms with Crippen molar-refractivity contribution < 1.29 is 87.1 Å². The predicted molar refractivity (Wildman–Crippen MR) is 210 cm³/mol. The number of rotatable bonds is 21. The Kier molecular flexibility index (Phi) is 18.7. The first-order valence-electron chi connectivity index (χ1n) is 20.0. The number of nitrogens with one attached hydrogen (secondary N) is 2. The molecule has 3 fully saturated rings. The average molecular weight is 906 g/mol. The van der Waals surface area contributed by atoms with Crippen molar-refractivity contribution in [2.24, 2.45) is 9.48 Å². The standard InChI is InChI=1S/C36H55N7O18S/c1-20(45)40-26-28(48)33(23(17-44)59-35(26)52)61-36-30(50)29(49)27(47)24(60-36)18-56-14-13-55-12-11-54-10-7-38-34(51)21-4-5-22(32-31(21)57-19-58-32)41-62(53)15-8-43(9-16-62)25(46)3-2-6-39-42-37/h4-5,23-24,26-30,33,35-36,44,47-50,52H,2-3,6-19H2,1H3,(H,38,51)(H,40,45)/t23-,24-,26-,27-,28-,29+,30+,33-,35?,36+/m1/s1. The SMILES string of the molecule is CC(=O)N[C@H]1C(O)O[C@H](CO)[C@@H](O[C@@H]2O[C@H](COCCOCCOCCNC(=O)c3ccc(N=S4(=O)CCN(C(=O)CCCN=[N+]=[N-])CC4)c4c3OCO4)[C@@H](O)[C@H](O)[C@@H]2O)[C@@H]1O. The summed E-state index contributed by atoms with van der Waals surface area (Å²) in [6.07, 6.45) is -13.4. The zero-order valence-corrected chi connectivity index (χ0v) is 34.8. The molecule has 0 radical (unpaired) electrons. The van der Waals surface area contributed by atoms with Gasteiger partial charge in [-0.1, -0.05) is 5.11 Å². The molecule has 8 N–H and O–H groups in total. The van der Waals surface area contributed by atoms with Gasteiger partial charge in [-0.05, 0) is 24.1 Å². The quantitative estimate of drug-likeness (QED) is 0.0264. The Hall–Kier alpha value is -3.99. The number of carbonyl (C=O) groups excluding carboxylic acids is 3. The smallest absolute Gasteiger partial charge is 0.255 e. The molecule has 0 aliphatic carbocycles. The molecular formula is C36H55N7O18S. The van der Waals surface area contributed by atoms with E-state index in [1.54, 1.807) is 4.90 Å². The summed E-state index contributed by atoms with van der Waals surface area (Å²) in [5.41, 5.74) is 8.86. The van der Waals surface area contributed by atoms with Gasteiger partial charge in [-0.15, -0.1) is 0 Å². The second-order valence-electron chi connectivity index (χ2n) is 14.5. The Morgan fingerprint density at radius 1 is 0.919 bits per heavy atom.